The Bertz CT molecular complexity index is 300. The molecule has 1 nitrogen and oxygen atoms in total. The van der Waals surface area contributed by atoms with Crippen molar-refractivity contribution in [3.8, 4) is 0 Å². The van der Waals surface area contributed by atoms with Gasteiger partial charge in [0.1, 0.15) is 0 Å². The summed E-state index contributed by atoms with van der Waals surface area (Å²) < 4.78 is 0. The third kappa shape index (κ3) is 1.66. The van der Waals surface area contributed by atoms with E-state index in [9.17, 15) is 4.79 Å². The predicted octanol–water partition coefficient (Wildman–Crippen LogP) is 3.74. The van der Waals surface area contributed by atoms with Crippen molar-refractivity contribution >= 4 is 5.78 Å². The molecule has 0 saturated heterocycles. The van der Waals surface area contributed by atoms with Gasteiger partial charge >= 0.3 is 0 Å². The largest absolute Gasteiger partial charge is 0.295 e. The summed E-state index contributed by atoms with van der Waals surface area (Å²) in [5, 5.41) is 0. The van der Waals surface area contributed by atoms with Gasteiger partial charge in [0.25, 0.3) is 0 Å². The fourth-order valence-corrected chi connectivity index (χ4v) is 3.44. The number of rotatable bonds is 1. The molecule has 1 fully saturated rings. The van der Waals surface area contributed by atoms with Crippen LogP contribution in [0.3, 0.4) is 0 Å². The monoisotopic (exact) mass is 206 g/mol. The smallest absolute Gasteiger partial charge is 0.155 e. The van der Waals surface area contributed by atoms with E-state index >= 15 is 0 Å². The number of hydrogen-bond acceptors (Lipinski definition) is 1. The molecule has 1 saturated carbocycles. The highest BCUT2D eigenvalue weighted by Gasteiger charge is 2.49. The second-order valence-electron chi connectivity index (χ2n) is 6.13. The molecular weight excluding hydrogens is 184 g/mol. The van der Waals surface area contributed by atoms with Crippen LogP contribution in [0.4, 0.5) is 0 Å². The van der Waals surface area contributed by atoms with Crippen molar-refractivity contribution in [2.24, 2.45) is 16.7 Å². The molecule has 0 heterocycles. The van der Waals surface area contributed by atoms with Gasteiger partial charge in [0.2, 0.25) is 0 Å². The first-order valence-electron chi connectivity index (χ1n) is 6.17. The minimum absolute atomic E-state index is 0.311. The highest BCUT2D eigenvalue weighted by molar-refractivity contribution is 5.90. The van der Waals surface area contributed by atoms with Crippen molar-refractivity contribution in [3.63, 3.8) is 0 Å². The second-order valence-corrected chi connectivity index (χ2v) is 6.13. The maximum Gasteiger partial charge on any atom is 0.155 e. The highest BCUT2D eigenvalue weighted by Crippen LogP contribution is 2.58. The Balaban J connectivity index is 2.23. The molecule has 84 valence electrons. The van der Waals surface area contributed by atoms with E-state index in [-0.39, 0.29) is 0 Å². The van der Waals surface area contributed by atoms with E-state index < -0.39 is 0 Å². The van der Waals surface area contributed by atoms with E-state index in [0.29, 0.717) is 22.5 Å². The number of carbonyl (C=O) groups is 1. The van der Waals surface area contributed by atoms with E-state index in [1.54, 1.807) is 0 Å². The summed E-state index contributed by atoms with van der Waals surface area (Å²) in [6, 6.07) is 0. The molecule has 0 N–H and O–H groups in total. The molecule has 0 spiro atoms. The van der Waals surface area contributed by atoms with E-state index in [1.165, 1.54) is 19.3 Å². The van der Waals surface area contributed by atoms with Crippen LogP contribution < -0.4 is 0 Å². The van der Waals surface area contributed by atoms with Crippen molar-refractivity contribution < 1.29 is 4.79 Å². The molecule has 0 aromatic heterocycles. The van der Waals surface area contributed by atoms with Crippen LogP contribution in [-0.4, -0.2) is 5.78 Å². The number of carbonyl (C=O) groups excluding carboxylic acids is 1. The fraction of sp³-hybridized carbons (Fsp3) is 0.786. The number of ketones is 1. The first-order valence-corrected chi connectivity index (χ1v) is 6.17. The molecule has 0 amide bonds. The van der Waals surface area contributed by atoms with Crippen LogP contribution >= 0.6 is 0 Å². The quantitative estimate of drug-likeness (QED) is 0.638. The molecule has 0 bridgehead atoms. The van der Waals surface area contributed by atoms with E-state index in [4.69, 9.17) is 0 Å². The lowest BCUT2D eigenvalue weighted by molar-refractivity contribution is -0.115. The summed E-state index contributed by atoms with van der Waals surface area (Å²) in [4.78, 5) is 11.2. The Hall–Kier alpha value is -0.590. The van der Waals surface area contributed by atoms with E-state index in [2.05, 4.69) is 26.8 Å². The summed E-state index contributed by atoms with van der Waals surface area (Å²) >= 11 is 0. The molecule has 2 rings (SSSR count). The van der Waals surface area contributed by atoms with Crippen LogP contribution in [0.25, 0.3) is 0 Å². The molecular formula is C14H22O. The van der Waals surface area contributed by atoms with Crippen LogP contribution in [0.1, 0.15) is 52.9 Å². The molecule has 1 heteroatoms. The fourth-order valence-electron chi connectivity index (χ4n) is 3.44. The number of hydrogen-bond donors (Lipinski definition) is 0. The first kappa shape index (κ1) is 10.9. The Morgan fingerprint density at radius 1 is 1.27 bits per heavy atom. The van der Waals surface area contributed by atoms with Gasteiger partial charge in [-0.3, -0.25) is 4.79 Å². The van der Waals surface area contributed by atoms with Crippen molar-refractivity contribution in [1.82, 2.24) is 0 Å². The lowest BCUT2D eigenvalue weighted by Gasteiger charge is -2.44. The summed E-state index contributed by atoms with van der Waals surface area (Å²) in [6.07, 6.45) is 9.82. The summed E-state index contributed by atoms with van der Waals surface area (Å²) in [7, 11) is 0. The van der Waals surface area contributed by atoms with Gasteiger partial charge in [0, 0.05) is 6.42 Å². The molecule has 0 unspecified atom stereocenters. The van der Waals surface area contributed by atoms with Gasteiger partial charge in [-0.1, -0.05) is 33.3 Å². The standard InChI is InChI=1S/C14H22O/c1-13(2)9-4-10-14(13,3)11-5-7-12(15)8-6-11/h5,7,11H,4,6,8-10H2,1-3H3/t11-,14-/m0/s1. The van der Waals surface area contributed by atoms with Gasteiger partial charge in [-0.2, -0.15) is 0 Å². The maximum atomic E-state index is 11.2. The lowest BCUT2D eigenvalue weighted by atomic mass is 9.60. The normalized spacial score (nSPS) is 39.7. The lowest BCUT2D eigenvalue weighted by Crippen LogP contribution is -2.37. The third-order valence-electron chi connectivity index (χ3n) is 5.08. The Morgan fingerprint density at radius 3 is 2.47 bits per heavy atom. The van der Waals surface area contributed by atoms with Gasteiger partial charge < -0.3 is 0 Å². The SMILES string of the molecule is CC1(C)CCC[C@@]1(C)[C@H]1C=CC(=O)CC1. The van der Waals surface area contributed by atoms with Gasteiger partial charge in [0.05, 0.1) is 0 Å². The van der Waals surface area contributed by atoms with Crippen LogP contribution in [-0.2, 0) is 4.79 Å². The third-order valence-corrected chi connectivity index (χ3v) is 5.08. The zero-order valence-corrected chi connectivity index (χ0v) is 10.2. The maximum absolute atomic E-state index is 11.2. The van der Waals surface area contributed by atoms with Crippen LogP contribution in [0, 0.1) is 16.7 Å². The van der Waals surface area contributed by atoms with Crippen molar-refractivity contribution in [2.75, 3.05) is 0 Å². The number of allylic oxidation sites excluding steroid dienone is 2. The Kier molecular flexibility index (Phi) is 2.52. The van der Waals surface area contributed by atoms with Crippen molar-refractivity contribution in [2.45, 2.75) is 52.9 Å². The minimum atomic E-state index is 0.311. The molecule has 0 aromatic carbocycles. The van der Waals surface area contributed by atoms with Crippen LogP contribution in [0.2, 0.25) is 0 Å². The van der Waals surface area contributed by atoms with Gasteiger partial charge in [-0.25, -0.2) is 0 Å². The molecule has 0 radical (unpaired) electrons. The van der Waals surface area contributed by atoms with Crippen LogP contribution in [0.15, 0.2) is 12.2 Å². The average Bonchev–Trinajstić information content (AvgIpc) is 2.43. The predicted molar refractivity (Wildman–Crippen MR) is 62.6 cm³/mol. The second kappa shape index (κ2) is 3.47. The zero-order chi connectivity index (χ0) is 11.1. The summed E-state index contributed by atoms with van der Waals surface area (Å²) in [6.45, 7) is 7.21. The molecule has 0 aromatic rings. The average molecular weight is 206 g/mol. The molecule has 2 atom stereocenters. The van der Waals surface area contributed by atoms with E-state index in [1.807, 2.05) is 6.08 Å². The Labute approximate surface area is 92.9 Å². The summed E-state index contributed by atoms with van der Waals surface area (Å²) in [5.41, 5.74) is 0.840. The highest BCUT2D eigenvalue weighted by atomic mass is 16.1. The first-order chi connectivity index (χ1) is 6.96. The molecule has 15 heavy (non-hydrogen) atoms. The molecule has 2 aliphatic carbocycles. The minimum Gasteiger partial charge on any atom is -0.295 e. The summed E-state index contributed by atoms with van der Waals surface area (Å²) in [5.74, 6) is 0.929. The topological polar surface area (TPSA) is 17.1 Å². The Morgan fingerprint density at radius 2 is 2.00 bits per heavy atom. The van der Waals surface area contributed by atoms with Crippen molar-refractivity contribution in [1.29, 1.82) is 0 Å². The zero-order valence-electron chi connectivity index (χ0n) is 10.2. The molecule has 2 aliphatic rings. The van der Waals surface area contributed by atoms with Gasteiger partial charge in [-0.05, 0) is 42.1 Å². The van der Waals surface area contributed by atoms with Gasteiger partial charge in [-0.15, -0.1) is 0 Å². The van der Waals surface area contributed by atoms with Crippen molar-refractivity contribution in [3.05, 3.63) is 12.2 Å². The van der Waals surface area contributed by atoms with E-state index in [0.717, 1.165) is 12.8 Å². The van der Waals surface area contributed by atoms with Gasteiger partial charge in [0.15, 0.2) is 5.78 Å². The molecule has 0 aliphatic heterocycles. The van der Waals surface area contributed by atoms with Crippen LogP contribution in [0.5, 0.6) is 0 Å².